The van der Waals surface area contributed by atoms with E-state index in [1.54, 1.807) is 7.11 Å². The molecular formula is C25H26N2O2. The summed E-state index contributed by atoms with van der Waals surface area (Å²) in [6, 6.07) is 26.7. The van der Waals surface area contributed by atoms with Crippen molar-refractivity contribution < 1.29 is 9.53 Å². The topological polar surface area (TPSA) is 32.8 Å². The van der Waals surface area contributed by atoms with Gasteiger partial charge in [0.05, 0.1) is 13.5 Å². The number of carbonyl (C=O) groups excluding carboxylic acids is 1. The highest BCUT2D eigenvalue weighted by Crippen LogP contribution is 2.22. The summed E-state index contributed by atoms with van der Waals surface area (Å²) in [5, 5.41) is 0. The summed E-state index contributed by atoms with van der Waals surface area (Å²) >= 11 is 0. The zero-order valence-electron chi connectivity index (χ0n) is 16.8. The fraction of sp³-hybridized carbons (Fsp3) is 0.240. The van der Waals surface area contributed by atoms with Gasteiger partial charge in [-0.25, -0.2) is 0 Å². The number of amides is 1. The molecule has 1 aliphatic heterocycles. The number of hydrogen-bond donors (Lipinski definition) is 0. The number of methoxy groups -OCH3 is 1. The third-order valence-corrected chi connectivity index (χ3v) is 5.49. The molecule has 3 aromatic rings. The van der Waals surface area contributed by atoms with Gasteiger partial charge in [0, 0.05) is 31.9 Å². The maximum absolute atomic E-state index is 12.7. The summed E-state index contributed by atoms with van der Waals surface area (Å²) in [6.07, 6.45) is 0.456. The van der Waals surface area contributed by atoms with E-state index in [4.69, 9.17) is 4.74 Å². The largest absolute Gasteiger partial charge is 0.497 e. The van der Waals surface area contributed by atoms with Crippen LogP contribution in [0.15, 0.2) is 78.9 Å². The zero-order valence-corrected chi connectivity index (χ0v) is 16.8. The van der Waals surface area contributed by atoms with E-state index in [1.165, 1.54) is 16.8 Å². The summed E-state index contributed by atoms with van der Waals surface area (Å²) in [4.78, 5) is 17.0. The minimum absolute atomic E-state index is 0.201. The Balaban J connectivity index is 1.31. The second-order valence-electron chi connectivity index (χ2n) is 7.31. The van der Waals surface area contributed by atoms with E-state index in [-0.39, 0.29) is 5.91 Å². The lowest BCUT2D eigenvalue weighted by molar-refractivity contribution is -0.130. The van der Waals surface area contributed by atoms with Crippen molar-refractivity contribution in [2.24, 2.45) is 0 Å². The van der Waals surface area contributed by atoms with Crippen LogP contribution in [-0.4, -0.2) is 44.1 Å². The summed E-state index contributed by atoms with van der Waals surface area (Å²) in [5.74, 6) is 1.06. The number of hydrogen-bond acceptors (Lipinski definition) is 3. The molecule has 0 spiro atoms. The SMILES string of the molecule is COc1ccc(N2CCN(C(=O)Cc3ccc(-c4ccccc4)cc3)CC2)cc1. The molecule has 0 radical (unpaired) electrons. The first-order chi connectivity index (χ1) is 14.2. The molecule has 0 saturated carbocycles. The Morgan fingerprint density at radius 3 is 2.03 bits per heavy atom. The molecule has 0 aliphatic carbocycles. The summed E-state index contributed by atoms with van der Waals surface area (Å²) in [5.41, 5.74) is 4.61. The lowest BCUT2D eigenvalue weighted by Gasteiger charge is -2.36. The van der Waals surface area contributed by atoms with Crippen LogP contribution in [0.2, 0.25) is 0 Å². The van der Waals surface area contributed by atoms with Gasteiger partial charge in [0.2, 0.25) is 5.91 Å². The van der Waals surface area contributed by atoms with Crippen molar-refractivity contribution >= 4 is 11.6 Å². The summed E-state index contributed by atoms with van der Waals surface area (Å²) in [6.45, 7) is 3.22. The first-order valence-electron chi connectivity index (χ1n) is 10.0. The molecule has 0 N–H and O–H groups in total. The summed E-state index contributed by atoms with van der Waals surface area (Å²) in [7, 11) is 1.68. The van der Waals surface area contributed by atoms with Gasteiger partial charge in [-0.1, -0.05) is 54.6 Å². The number of anilines is 1. The van der Waals surface area contributed by atoms with Crippen molar-refractivity contribution in [2.45, 2.75) is 6.42 Å². The number of benzene rings is 3. The van der Waals surface area contributed by atoms with Gasteiger partial charge in [-0.3, -0.25) is 4.79 Å². The second-order valence-corrected chi connectivity index (χ2v) is 7.31. The van der Waals surface area contributed by atoms with E-state index in [0.717, 1.165) is 37.5 Å². The minimum Gasteiger partial charge on any atom is -0.497 e. The number of carbonyl (C=O) groups is 1. The molecule has 1 aliphatic rings. The Morgan fingerprint density at radius 1 is 0.793 bits per heavy atom. The Labute approximate surface area is 172 Å². The lowest BCUT2D eigenvalue weighted by atomic mass is 10.0. The van der Waals surface area contributed by atoms with Crippen molar-refractivity contribution in [1.82, 2.24) is 4.90 Å². The first kappa shape index (κ1) is 19.1. The van der Waals surface area contributed by atoms with Crippen molar-refractivity contribution in [3.63, 3.8) is 0 Å². The van der Waals surface area contributed by atoms with Gasteiger partial charge in [0.1, 0.15) is 5.75 Å². The molecule has 1 amide bonds. The molecule has 0 bridgehead atoms. The van der Waals surface area contributed by atoms with E-state index < -0.39 is 0 Å². The van der Waals surface area contributed by atoms with Crippen LogP contribution in [0, 0.1) is 0 Å². The van der Waals surface area contributed by atoms with Gasteiger partial charge >= 0.3 is 0 Å². The average Bonchev–Trinajstić information content (AvgIpc) is 2.80. The molecule has 1 fully saturated rings. The number of ether oxygens (including phenoxy) is 1. The molecule has 4 rings (SSSR count). The fourth-order valence-electron chi connectivity index (χ4n) is 3.74. The molecule has 0 aromatic heterocycles. The maximum atomic E-state index is 12.7. The number of rotatable bonds is 5. The maximum Gasteiger partial charge on any atom is 0.227 e. The van der Waals surface area contributed by atoms with Crippen LogP contribution in [0.5, 0.6) is 5.75 Å². The van der Waals surface area contributed by atoms with E-state index in [0.29, 0.717) is 6.42 Å². The third-order valence-electron chi connectivity index (χ3n) is 5.49. The van der Waals surface area contributed by atoms with Crippen molar-refractivity contribution in [3.8, 4) is 16.9 Å². The first-order valence-corrected chi connectivity index (χ1v) is 10.0. The van der Waals surface area contributed by atoms with Crippen LogP contribution in [-0.2, 0) is 11.2 Å². The molecule has 1 saturated heterocycles. The van der Waals surface area contributed by atoms with Gasteiger partial charge in [-0.15, -0.1) is 0 Å². The zero-order chi connectivity index (χ0) is 20.1. The second kappa shape index (κ2) is 8.82. The van der Waals surface area contributed by atoms with Crippen molar-refractivity contribution in [1.29, 1.82) is 0 Å². The third kappa shape index (κ3) is 4.60. The number of nitrogens with zero attached hydrogens (tertiary/aromatic N) is 2. The molecule has 3 aromatic carbocycles. The van der Waals surface area contributed by atoms with Crippen LogP contribution in [0.1, 0.15) is 5.56 Å². The Kier molecular flexibility index (Phi) is 5.80. The van der Waals surface area contributed by atoms with E-state index in [2.05, 4.69) is 53.4 Å². The molecule has 0 atom stereocenters. The van der Waals surface area contributed by atoms with E-state index in [1.807, 2.05) is 35.2 Å². The molecule has 148 valence electrons. The van der Waals surface area contributed by atoms with Crippen molar-refractivity contribution in [3.05, 3.63) is 84.4 Å². The molecule has 4 heteroatoms. The molecule has 1 heterocycles. The molecule has 4 nitrogen and oxygen atoms in total. The van der Waals surface area contributed by atoms with Crippen LogP contribution in [0.25, 0.3) is 11.1 Å². The van der Waals surface area contributed by atoms with Crippen LogP contribution in [0.4, 0.5) is 5.69 Å². The van der Waals surface area contributed by atoms with Gasteiger partial charge in [0.25, 0.3) is 0 Å². The Hall–Kier alpha value is -3.27. The predicted octanol–water partition coefficient (Wildman–Crippen LogP) is 4.25. The monoisotopic (exact) mass is 386 g/mol. The lowest BCUT2D eigenvalue weighted by Crippen LogP contribution is -2.49. The quantitative estimate of drug-likeness (QED) is 0.657. The van der Waals surface area contributed by atoms with Gasteiger partial charge in [0.15, 0.2) is 0 Å². The molecular weight excluding hydrogens is 360 g/mol. The van der Waals surface area contributed by atoms with Crippen molar-refractivity contribution in [2.75, 3.05) is 38.2 Å². The number of piperazine rings is 1. The van der Waals surface area contributed by atoms with E-state index in [9.17, 15) is 4.79 Å². The Bertz CT molecular complexity index is 929. The van der Waals surface area contributed by atoms with E-state index >= 15 is 0 Å². The molecule has 29 heavy (non-hydrogen) atoms. The highest BCUT2D eigenvalue weighted by Gasteiger charge is 2.21. The standard InChI is InChI=1S/C25H26N2O2/c1-29-24-13-11-23(12-14-24)26-15-17-27(18-16-26)25(28)19-20-7-9-22(10-8-20)21-5-3-2-4-6-21/h2-14H,15-19H2,1H3. The van der Waals surface area contributed by atoms with Crippen LogP contribution in [0.3, 0.4) is 0 Å². The highest BCUT2D eigenvalue weighted by atomic mass is 16.5. The van der Waals surface area contributed by atoms with Gasteiger partial charge in [-0.2, -0.15) is 0 Å². The van der Waals surface area contributed by atoms with Gasteiger partial charge in [-0.05, 0) is 41.0 Å². The Morgan fingerprint density at radius 2 is 1.41 bits per heavy atom. The predicted molar refractivity (Wildman–Crippen MR) is 117 cm³/mol. The van der Waals surface area contributed by atoms with Crippen LogP contribution < -0.4 is 9.64 Å². The smallest absolute Gasteiger partial charge is 0.227 e. The van der Waals surface area contributed by atoms with Crippen LogP contribution >= 0.6 is 0 Å². The normalized spacial score (nSPS) is 14.0. The highest BCUT2D eigenvalue weighted by molar-refractivity contribution is 5.79. The minimum atomic E-state index is 0.201. The molecule has 0 unspecified atom stereocenters. The average molecular weight is 386 g/mol. The fourth-order valence-corrected chi connectivity index (χ4v) is 3.74. The van der Waals surface area contributed by atoms with Gasteiger partial charge < -0.3 is 14.5 Å². The summed E-state index contributed by atoms with van der Waals surface area (Å²) < 4.78 is 5.22.